The quantitative estimate of drug-likeness (QED) is 0.577. The summed E-state index contributed by atoms with van der Waals surface area (Å²) >= 11 is 0. The Kier molecular flexibility index (Phi) is 6.34. The molecule has 2 aromatic carbocycles. The second-order valence-electron chi connectivity index (χ2n) is 7.43. The van der Waals surface area contributed by atoms with Crippen molar-refractivity contribution >= 4 is 23.5 Å². The monoisotopic (exact) mass is 436 g/mol. The minimum atomic E-state index is -0.417. The van der Waals surface area contributed by atoms with Gasteiger partial charge >= 0.3 is 6.01 Å². The first-order valence-electron chi connectivity index (χ1n) is 10.4. The SMILES string of the molecule is CCOc1ccc(N2C[C@H](c3nnc(NC(=O)COc4ccc(C)cc4)o3)CC2=O)cc1. The highest BCUT2D eigenvalue weighted by molar-refractivity contribution is 5.96. The Bertz CT molecular complexity index is 1080. The van der Waals surface area contributed by atoms with Crippen LogP contribution in [0.1, 0.15) is 30.7 Å². The zero-order chi connectivity index (χ0) is 22.5. The molecule has 0 bridgehead atoms. The van der Waals surface area contributed by atoms with E-state index in [4.69, 9.17) is 13.9 Å². The summed E-state index contributed by atoms with van der Waals surface area (Å²) in [6.45, 7) is 4.70. The van der Waals surface area contributed by atoms with Gasteiger partial charge in [-0.3, -0.25) is 14.9 Å². The molecule has 1 N–H and O–H groups in total. The number of nitrogens with one attached hydrogen (secondary N) is 1. The van der Waals surface area contributed by atoms with Crippen LogP contribution in [0.15, 0.2) is 52.9 Å². The number of anilines is 2. The summed E-state index contributed by atoms with van der Waals surface area (Å²) in [4.78, 5) is 26.3. The molecule has 0 saturated carbocycles. The average Bonchev–Trinajstić information content (AvgIpc) is 3.41. The van der Waals surface area contributed by atoms with Gasteiger partial charge in [-0.15, -0.1) is 5.10 Å². The lowest BCUT2D eigenvalue weighted by Gasteiger charge is -2.16. The minimum absolute atomic E-state index is 0.0236. The van der Waals surface area contributed by atoms with Gasteiger partial charge in [0.15, 0.2) is 6.61 Å². The van der Waals surface area contributed by atoms with E-state index in [0.717, 1.165) is 17.0 Å². The van der Waals surface area contributed by atoms with Crippen molar-refractivity contribution in [1.82, 2.24) is 10.2 Å². The number of aryl methyl sites for hydroxylation is 1. The molecule has 1 fully saturated rings. The van der Waals surface area contributed by atoms with Gasteiger partial charge in [0, 0.05) is 18.7 Å². The lowest BCUT2D eigenvalue weighted by atomic mass is 10.1. The number of ether oxygens (including phenoxy) is 2. The predicted molar refractivity (Wildman–Crippen MR) is 117 cm³/mol. The van der Waals surface area contributed by atoms with E-state index in [1.54, 1.807) is 17.0 Å². The molecule has 1 atom stereocenters. The van der Waals surface area contributed by atoms with Gasteiger partial charge in [-0.2, -0.15) is 0 Å². The van der Waals surface area contributed by atoms with Crippen LogP contribution in [0.25, 0.3) is 0 Å². The van der Waals surface area contributed by atoms with Crippen molar-refractivity contribution in [1.29, 1.82) is 0 Å². The molecule has 9 nitrogen and oxygen atoms in total. The number of hydrogen-bond donors (Lipinski definition) is 1. The van der Waals surface area contributed by atoms with Crippen molar-refractivity contribution < 1.29 is 23.5 Å². The number of aromatic nitrogens is 2. The number of nitrogens with zero attached hydrogens (tertiary/aromatic N) is 3. The van der Waals surface area contributed by atoms with E-state index in [9.17, 15) is 9.59 Å². The van der Waals surface area contributed by atoms with E-state index in [1.165, 1.54) is 0 Å². The van der Waals surface area contributed by atoms with Gasteiger partial charge in [-0.25, -0.2) is 0 Å². The highest BCUT2D eigenvalue weighted by Crippen LogP contribution is 2.32. The first-order valence-corrected chi connectivity index (χ1v) is 10.4. The van der Waals surface area contributed by atoms with Crippen LogP contribution in [0.5, 0.6) is 11.5 Å². The van der Waals surface area contributed by atoms with Crippen LogP contribution in [0.4, 0.5) is 11.7 Å². The fraction of sp³-hybridized carbons (Fsp3) is 0.304. The summed E-state index contributed by atoms with van der Waals surface area (Å²) < 4.78 is 16.5. The number of rotatable bonds is 8. The first-order chi connectivity index (χ1) is 15.5. The summed E-state index contributed by atoms with van der Waals surface area (Å²) in [6.07, 6.45) is 0.249. The molecule has 1 aromatic heterocycles. The largest absolute Gasteiger partial charge is 0.494 e. The fourth-order valence-electron chi connectivity index (χ4n) is 3.40. The summed E-state index contributed by atoms with van der Waals surface area (Å²) in [5.74, 6) is 0.949. The van der Waals surface area contributed by atoms with Crippen molar-refractivity contribution in [3.8, 4) is 11.5 Å². The third-order valence-corrected chi connectivity index (χ3v) is 5.01. The average molecular weight is 436 g/mol. The van der Waals surface area contributed by atoms with Crippen LogP contribution < -0.4 is 19.7 Å². The molecule has 4 rings (SSSR count). The Labute approximate surface area is 185 Å². The summed E-state index contributed by atoms with van der Waals surface area (Å²) in [6, 6.07) is 14.7. The Morgan fingerprint density at radius 3 is 2.50 bits per heavy atom. The maximum Gasteiger partial charge on any atom is 0.322 e. The smallest absolute Gasteiger partial charge is 0.322 e. The van der Waals surface area contributed by atoms with Crippen LogP contribution in [-0.4, -0.2) is 41.8 Å². The van der Waals surface area contributed by atoms with Gasteiger partial charge in [-0.05, 0) is 50.2 Å². The van der Waals surface area contributed by atoms with Crippen LogP contribution >= 0.6 is 0 Å². The van der Waals surface area contributed by atoms with Crippen LogP contribution in [0.3, 0.4) is 0 Å². The molecule has 1 saturated heterocycles. The number of carbonyl (C=O) groups excluding carboxylic acids is 2. The lowest BCUT2D eigenvalue weighted by molar-refractivity contribution is -0.118. The van der Waals surface area contributed by atoms with Gasteiger partial charge in [0.1, 0.15) is 11.5 Å². The lowest BCUT2D eigenvalue weighted by Crippen LogP contribution is -2.24. The maximum absolute atomic E-state index is 12.5. The summed E-state index contributed by atoms with van der Waals surface area (Å²) in [7, 11) is 0. The first kappa shape index (κ1) is 21.4. The van der Waals surface area contributed by atoms with E-state index in [-0.39, 0.29) is 30.9 Å². The Balaban J connectivity index is 1.32. The second kappa shape index (κ2) is 9.51. The molecule has 1 aliphatic rings. The summed E-state index contributed by atoms with van der Waals surface area (Å²) in [5.41, 5.74) is 1.88. The third kappa shape index (κ3) is 5.05. The van der Waals surface area contributed by atoms with Crippen LogP contribution in [0, 0.1) is 6.92 Å². The number of benzene rings is 2. The van der Waals surface area contributed by atoms with Gasteiger partial charge in [-0.1, -0.05) is 22.8 Å². The molecule has 0 spiro atoms. The zero-order valence-corrected chi connectivity index (χ0v) is 17.9. The van der Waals surface area contributed by atoms with Crippen LogP contribution in [0.2, 0.25) is 0 Å². The van der Waals surface area contributed by atoms with Crippen molar-refractivity contribution in [2.75, 3.05) is 30.0 Å². The maximum atomic E-state index is 12.5. The van der Waals surface area contributed by atoms with E-state index in [0.29, 0.717) is 24.8 Å². The standard InChI is InChI=1S/C23H24N4O5/c1-3-30-18-10-6-17(7-11-18)27-13-16(12-21(27)29)22-25-26-23(32-22)24-20(28)14-31-19-8-4-15(2)5-9-19/h4-11,16H,3,12-14H2,1-2H3,(H,24,26,28)/t16-/m1/s1. The van der Waals surface area contributed by atoms with Crippen molar-refractivity contribution in [3.05, 3.63) is 60.0 Å². The Morgan fingerprint density at radius 2 is 1.78 bits per heavy atom. The van der Waals surface area contributed by atoms with E-state index >= 15 is 0 Å². The molecule has 9 heteroatoms. The predicted octanol–water partition coefficient (Wildman–Crippen LogP) is 3.31. The molecule has 0 radical (unpaired) electrons. The number of carbonyl (C=O) groups is 2. The number of hydrogen-bond acceptors (Lipinski definition) is 7. The number of amides is 2. The molecule has 1 aliphatic heterocycles. The van der Waals surface area contributed by atoms with Crippen LogP contribution in [-0.2, 0) is 9.59 Å². The topological polar surface area (TPSA) is 107 Å². The van der Waals surface area contributed by atoms with Crippen molar-refractivity contribution in [2.24, 2.45) is 0 Å². The van der Waals surface area contributed by atoms with Gasteiger partial charge < -0.3 is 18.8 Å². The molecule has 166 valence electrons. The second-order valence-corrected chi connectivity index (χ2v) is 7.43. The molecule has 2 amide bonds. The molecule has 32 heavy (non-hydrogen) atoms. The fourth-order valence-corrected chi connectivity index (χ4v) is 3.40. The van der Waals surface area contributed by atoms with Crippen molar-refractivity contribution in [2.45, 2.75) is 26.2 Å². The Hall–Kier alpha value is -3.88. The normalized spacial score (nSPS) is 15.6. The van der Waals surface area contributed by atoms with E-state index < -0.39 is 5.91 Å². The molecule has 3 aromatic rings. The summed E-state index contributed by atoms with van der Waals surface area (Å²) in [5, 5.41) is 10.4. The highest BCUT2D eigenvalue weighted by atomic mass is 16.5. The molecule has 2 heterocycles. The molecule has 0 aliphatic carbocycles. The third-order valence-electron chi connectivity index (χ3n) is 5.01. The highest BCUT2D eigenvalue weighted by Gasteiger charge is 2.35. The van der Waals surface area contributed by atoms with Gasteiger partial charge in [0.05, 0.1) is 12.5 Å². The van der Waals surface area contributed by atoms with Crippen molar-refractivity contribution in [3.63, 3.8) is 0 Å². The van der Waals surface area contributed by atoms with E-state index in [1.807, 2.05) is 50.2 Å². The van der Waals surface area contributed by atoms with E-state index in [2.05, 4.69) is 15.5 Å². The Morgan fingerprint density at radius 1 is 1.09 bits per heavy atom. The van der Waals surface area contributed by atoms with Gasteiger partial charge in [0.25, 0.3) is 5.91 Å². The van der Waals surface area contributed by atoms with Gasteiger partial charge in [0.2, 0.25) is 11.8 Å². The molecule has 0 unspecified atom stereocenters. The zero-order valence-electron chi connectivity index (χ0n) is 17.9. The molecular weight excluding hydrogens is 412 g/mol. The minimum Gasteiger partial charge on any atom is -0.494 e. The molecular formula is C23H24N4O5.